The Labute approximate surface area is 109 Å². The fourth-order valence-corrected chi connectivity index (χ4v) is 1.58. The lowest BCUT2D eigenvalue weighted by Gasteiger charge is -2.04. The van der Waals surface area contributed by atoms with E-state index in [0.29, 0.717) is 17.7 Å². The summed E-state index contributed by atoms with van der Waals surface area (Å²) in [4.78, 5) is 22.2. The zero-order valence-corrected chi connectivity index (χ0v) is 10.1. The van der Waals surface area contributed by atoms with Crippen molar-refractivity contribution >= 4 is 17.6 Å². The number of carbonyl (C=O) groups is 2. The predicted molar refractivity (Wildman–Crippen MR) is 68.9 cm³/mol. The Bertz CT molecular complexity index is 561. The molecule has 0 spiro atoms. The van der Waals surface area contributed by atoms with Crippen LogP contribution in [0.4, 0.5) is 5.69 Å². The van der Waals surface area contributed by atoms with Gasteiger partial charge in [-0.2, -0.15) is 5.10 Å². The smallest absolute Gasteiger partial charge is 0.303 e. The van der Waals surface area contributed by atoms with Crippen molar-refractivity contribution in [2.24, 2.45) is 0 Å². The number of benzene rings is 1. The molecule has 0 saturated carbocycles. The van der Waals surface area contributed by atoms with Crippen LogP contribution < -0.4 is 5.32 Å². The van der Waals surface area contributed by atoms with Crippen molar-refractivity contribution in [3.05, 3.63) is 47.8 Å². The molecule has 0 aliphatic heterocycles. The summed E-state index contributed by atoms with van der Waals surface area (Å²) >= 11 is 0. The molecule has 6 heteroatoms. The van der Waals surface area contributed by atoms with Gasteiger partial charge in [0.05, 0.1) is 11.8 Å². The summed E-state index contributed by atoms with van der Waals surface area (Å²) in [5.41, 5.74) is 2.03. The summed E-state index contributed by atoms with van der Waals surface area (Å²) in [7, 11) is 0. The summed E-state index contributed by atoms with van der Waals surface area (Å²) in [5, 5.41) is 17.6. The van der Waals surface area contributed by atoms with E-state index in [2.05, 4.69) is 15.5 Å². The van der Waals surface area contributed by atoms with Gasteiger partial charge in [-0.05, 0) is 24.1 Å². The minimum Gasteiger partial charge on any atom is -0.481 e. The molecular formula is C13H13N3O3. The number of aromatic nitrogens is 2. The molecule has 0 radical (unpaired) electrons. The van der Waals surface area contributed by atoms with Crippen LogP contribution in [0.2, 0.25) is 0 Å². The molecule has 0 atom stereocenters. The topological polar surface area (TPSA) is 95.1 Å². The average molecular weight is 259 g/mol. The third-order valence-corrected chi connectivity index (χ3v) is 2.60. The summed E-state index contributed by atoms with van der Waals surface area (Å²) in [6.45, 7) is 0. The Morgan fingerprint density at radius 3 is 2.58 bits per heavy atom. The van der Waals surface area contributed by atoms with Gasteiger partial charge in [0, 0.05) is 18.3 Å². The van der Waals surface area contributed by atoms with Gasteiger partial charge in [0.25, 0.3) is 5.91 Å². The predicted octanol–water partition coefficient (Wildman–Crippen LogP) is 1.68. The highest BCUT2D eigenvalue weighted by Gasteiger charge is 2.06. The Kier molecular flexibility index (Phi) is 3.92. The number of nitrogens with one attached hydrogen (secondary N) is 2. The first kappa shape index (κ1) is 12.8. The molecule has 3 N–H and O–H groups in total. The van der Waals surface area contributed by atoms with Gasteiger partial charge in [0.15, 0.2) is 0 Å². The number of H-pyrrole nitrogens is 1. The molecular weight excluding hydrogens is 246 g/mol. The van der Waals surface area contributed by atoms with Crippen molar-refractivity contribution in [1.29, 1.82) is 0 Å². The van der Waals surface area contributed by atoms with Crippen LogP contribution in [0.15, 0.2) is 36.7 Å². The Hall–Kier alpha value is -2.63. The number of amides is 1. The number of carboxylic acids is 1. The maximum atomic E-state index is 11.7. The molecule has 98 valence electrons. The van der Waals surface area contributed by atoms with Crippen molar-refractivity contribution in [1.82, 2.24) is 10.2 Å². The SMILES string of the molecule is O=C(O)CCc1ccc(NC(=O)c2cn[nH]c2)cc1. The Morgan fingerprint density at radius 2 is 2.00 bits per heavy atom. The van der Waals surface area contributed by atoms with E-state index in [1.54, 1.807) is 24.3 Å². The van der Waals surface area contributed by atoms with Crippen LogP contribution in [0.5, 0.6) is 0 Å². The summed E-state index contributed by atoms with van der Waals surface area (Å²) in [6.07, 6.45) is 3.53. The third kappa shape index (κ3) is 3.67. The lowest BCUT2D eigenvalue weighted by Crippen LogP contribution is -2.10. The van der Waals surface area contributed by atoms with Gasteiger partial charge >= 0.3 is 5.97 Å². The highest BCUT2D eigenvalue weighted by Crippen LogP contribution is 2.12. The Balaban J connectivity index is 1.95. The van der Waals surface area contributed by atoms with Crippen molar-refractivity contribution in [2.75, 3.05) is 5.32 Å². The van der Waals surface area contributed by atoms with Crippen LogP contribution in [-0.4, -0.2) is 27.2 Å². The largest absolute Gasteiger partial charge is 0.481 e. The number of carboxylic acid groups (broad SMARTS) is 1. The van der Waals surface area contributed by atoms with E-state index >= 15 is 0 Å². The van der Waals surface area contributed by atoms with Gasteiger partial charge in [0.2, 0.25) is 0 Å². The van der Waals surface area contributed by atoms with E-state index in [4.69, 9.17) is 5.11 Å². The minimum absolute atomic E-state index is 0.0979. The molecule has 0 saturated heterocycles. The van der Waals surface area contributed by atoms with E-state index < -0.39 is 5.97 Å². The first-order chi connectivity index (χ1) is 9.15. The molecule has 2 rings (SSSR count). The lowest BCUT2D eigenvalue weighted by atomic mass is 10.1. The molecule has 2 aromatic rings. The average Bonchev–Trinajstić information content (AvgIpc) is 2.92. The summed E-state index contributed by atoms with van der Waals surface area (Å²) in [5.74, 6) is -1.07. The first-order valence-electron chi connectivity index (χ1n) is 5.76. The number of hydrogen-bond acceptors (Lipinski definition) is 3. The standard InChI is InChI=1S/C13H13N3O3/c17-12(18)6-3-9-1-4-11(5-2-9)16-13(19)10-7-14-15-8-10/h1-2,4-5,7-8H,3,6H2,(H,14,15)(H,16,19)(H,17,18). The molecule has 19 heavy (non-hydrogen) atoms. The van der Waals surface area contributed by atoms with Gasteiger partial charge < -0.3 is 10.4 Å². The quantitative estimate of drug-likeness (QED) is 0.761. The number of aliphatic carboxylic acids is 1. The van der Waals surface area contributed by atoms with Crippen LogP contribution in [0.25, 0.3) is 0 Å². The van der Waals surface area contributed by atoms with Crippen molar-refractivity contribution < 1.29 is 14.7 Å². The zero-order chi connectivity index (χ0) is 13.7. The molecule has 1 aromatic heterocycles. The molecule has 0 aliphatic rings. The van der Waals surface area contributed by atoms with E-state index in [1.165, 1.54) is 12.4 Å². The van der Waals surface area contributed by atoms with Crippen LogP contribution in [-0.2, 0) is 11.2 Å². The zero-order valence-electron chi connectivity index (χ0n) is 10.1. The molecule has 0 aliphatic carbocycles. The number of anilines is 1. The maximum Gasteiger partial charge on any atom is 0.303 e. The number of rotatable bonds is 5. The normalized spacial score (nSPS) is 10.1. The van der Waals surface area contributed by atoms with Gasteiger partial charge in [-0.1, -0.05) is 12.1 Å². The minimum atomic E-state index is -0.822. The molecule has 1 aromatic carbocycles. The van der Waals surface area contributed by atoms with Gasteiger partial charge in [-0.15, -0.1) is 0 Å². The molecule has 0 fully saturated rings. The third-order valence-electron chi connectivity index (χ3n) is 2.60. The highest BCUT2D eigenvalue weighted by atomic mass is 16.4. The number of aryl methyl sites for hydroxylation is 1. The van der Waals surface area contributed by atoms with Crippen LogP contribution in [0.1, 0.15) is 22.3 Å². The molecule has 0 bridgehead atoms. The molecule has 0 unspecified atom stereocenters. The monoisotopic (exact) mass is 259 g/mol. The van der Waals surface area contributed by atoms with E-state index in [-0.39, 0.29) is 12.3 Å². The fourth-order valence-electron chi connectivity index (χ4n) is 1.58. The number of hydrogen-bond donors (Lipinski definition) is 3. The van der Waals surface area contributed by atoms with Gasteiger partial charge in [0.1, 0.15) is 0 Å². The van der Waals surface area contributed by atoms with E-state index in [0.717, 1.165) is 5.56 Å². The lowest BCUT2D eigenvalue weighted by molar-refractivity contribution is -0.136. The summed E-state index contributed by atoms with van der Waals surface area (Å²) in [6, 6.07) is 7.09. The second kappa shape index (κ2) is 5.81. The Morgan fingerprint density at radius 1 is 1.26 bits per heavy atom. The molecule has 1 amide bonds. The highest BCUT2D eigenvalue weighted by molar-refractivity contribution is 6.03. The van der Waals surface area contributed by atoms with Crippen LogP contribution in [0.3, 0.4) is 0 Å². The van der Waals surface area contributed by atoms with Crippen molar-refractivity contribution in [3.8, 4) is 0 Å². The number of aromatic amines is 1. The fraction of sp³-hybridized carbons (Fsp3) is 0.154. The van der Waals surface area contributed by atoms with E-state index in [9.17, 15) is 9.59 Å². The van der Waals surface area contributed by atoms with Crippen LogP contribution in [0, 0.1) is 0 Å². The first-order valence-corrected chi connectivity index (χ1v) is 5.76. The van der Waals surface area contributed by atoms with Crippen LogP contribution >= 0.6 is 0 Å². The molecule has 6 nitrogen and oxygen atoms in total. The molecule has 1 heterocycles. The second-order valence-corrected chi connectivity index (χ2v) is 4.03. The van der Waals surface area contributed by atoms with Crippen molar-refractivity contribution in [2.45, 2.75) is 12.8 Å². The van der Waals surface area contributed by atoms with Crippen molar-refractivity contribution in [3.63, 3.8) is 0 Å². The number of nitrogens with zero attached hydrogens (tertiary/aromatic N) is 1. The number of carbonyl (C=O) groups excluding carboxylic acids is 1. The second-order valence-electron chi connectivity index (χ2n) is 4.03. The summed E-state index contributed by atoms with van der Waals surface area (Å²) < 4.78 is 0. The van der Waals surface area contributed by atoms with Gasteiger partial charge in [-0.3, -0.25) is 14.7 Å². The maximum absolute atomic E-state index is 11.7. The van der Waals surface area contributed by atoms with Gasteiger partial charge in [-0.25, -0.2) is 0 Å². The van der Waals surface area contributed by atoms with E-state index in [1.807, 2.05) is 0 Å².